The molecule has 0 unspecified atom stereocenters. The molecule has 1 aromatic carbocycles. The lowest BCUT2D eigenvalue weighted by Gasteiger charge is -2.27. The van der Waals surface area contributed by atoms with Crippen LogP contribution < -0.4 is 15.8 Å². The summed E-state index contributed by atoms with van der Waals surface area (Å²) in [5, 5.41) is 12.3. The van der Waals surface area contributed by atoms with E-state index in [9.17, 15) is 0 Å². The largest absolute Gasteiger partial charge is 0.489 e. The monoisotopic (exact) mass is 359 g/mol. The predicted molar refractivity (Wildman–Crippen MR) is 103 cm³/mol. The van der Waals surface area contributed by atoms with Crippen molar-refractivity contribution in [3.05, 3.63) is 42.0 Å². The lowest BCUT2D eigenvalue weighted by molar-refractivity contribution is 0.235. The minimum absolute atomic E-state index is 0.479. The average Bonchev–Trinajstić information content (AvgIpc) is 3.06. The van der Waals surface area contributed by atoms with Gasteiger partial charge in [0, 0.05) is 13.1 Å². The van der Waals surface area contributed by atoms with Crippen LogP contribution in [0.1, 0.15) is 19.3 Å². The molecule has 0 bridgehead atoms. The van der Waals surface area contributed by atoms with Crippen molar-refractivity contribution in [2.45, 2.75) is 19.3 Å². The van der Waals surface area contributed by atoms with Crippen LogP contribution in [-0.2, 0) is 0 Å². The van der Waals surface area contributed by atoms with Crippen molar-refractivity contribution in [3.8, 4) is 5.75 Å². The van der Waals surface area contributed by atoms with Gasteiger partial charge < -0.3 is 15.8 Å². The van der Waals surface area contributed by atoms with Crippen LogP contribution in [0.2, 0.25) is 0 Å². The number of rotatable bonds is 8. The minimum atomic E-state index is 0.479. The summed E-state index contributed by atoms with van der Waals surface area (Å²) >= 11 is 1.36. The van der Waals surface area contributed by atoms with Crippen LogP contribution >= 0.6 is 11.3 Å². The van der Waals surface area contributed by atoms with Crippen LogP contribution in [0, 0.1) is 0 Å². The molecule has 134 valence electrons. The normalized spacial score (nSPS) is 15.9. The second-order valence-corrected chi connectivity index (χ2v) is 7.14. The molecule has 2 heterocycles. The number of likely N-dealkylation sites (tertiary alicyclic amines) is 1. The SMILES string of the molecule is Nc1nnc(NCC=C(COc2ccccc2)CN2CCCCC2)s1. The summed E-state index contributed by atoms with van der Waals surface area (Å²) in [5.41, 5.74) is 6.88. The molecule has 6 nitrogen and oxygen atoms in total. The van der Waals surface area contributed by atoms with E-state index in [1.807, 2.05) is 30.3 Å². The molecule has 0 saturated carbocycles. The maximum atomic E-state index is 5.95. The fourth-order valence-corrected chi connectivity index (χ4v) is 3.37. The van der Waals surface area contributed by atoms with Crippen molar-refractivity contribution in [2.24, 2.45) is 0 Å². The number of nitrogens with zero attached hydrogens (tertiary/aromatic N) is 3. The average molecular weight is 359 g/mol. The number of benzene rings is 1. The van der Waals surface area contributed by atoms with Gasteiger partial charge in [0.1, 0.15) is 12.4 Å². The van der Waals surface area contributed by atoms with Gasteiger partial charge in [-0.1, -0.05) is 42.0 Å². The first-order valence-corrected chi connectivity index (χ1v) is 9.52. The van der Waals surface area contributed by atoms with E-state index >= 15 is 0 Å². The van der Waals surface area contributed by atoms with E-state index < -0.39 is 0 Å². The summed E-state index contributed by atoms with van der Waals surface area (Å²) in [4.78, 5) is 2.51. The first kappa shape index (κ1) is 17.7. The molecular formula is C18H25N5OS. The van der Waals surface area contributed by atoms with Crippen molar-refractivity contribution in [1.82, 2.24) is 15.1 Å². The summed E-state index contributed by atoms with van der Waals surface area (Å²) in [5.74, 6) is 0.900. The fraction of sp³-hybridized carbons (Fsp3) is 0.444. The third-order valence-corrected chi connectivity index (χ3v) is 4.84. The fourth-order valence-electron chi connectivity index (χ4n) is 2.86. The van der Waals surface area contributed by atoms with Crippen molar-refractivity contribution in [2.75, 3.05) is 43.8 Å². The topological polar surface area (TPSA) is 76.3 Å². The number of ether oxygens (including phenoxy) is 1. The highest BCUT2D eigenvalue weighted by Gasteiger charge is 2.12. The standard InChI is InChI=1S/C18H25N5OS/c19-17-21-22-18(25-17)20-10-9-15(13-23-11-5-2-6-12-23)14-24-16-7-3-1-4-8-16/h1,3-4,7-9H,2,5-6,10-14H2,(H2,19,21)(H,20,22). The Hall–Kier alpha value is -2.12. The number of para-hydroxylation sites is 1. The van der Waals surface area contributed by atoms with Crippen molar-refractivity contribution < 1.29 is 4.74 Å². The number of anilines is 2. The van der Waals surface area contributed by atoms with E-state index in [-0.39, 0.29) is 0 Å². The molecule has 2 aromatic rings. The van der Waals surface area contributed by atoms with Crippen molar-refractivity contribution in [1.29, 1.82) is 0 Å². The Balaban J connectivity index is 1.56. The second-order valence-electron chi connectivity index (χ2n) is 6.13. The molecule has 3 rings (SSSR count). The molecule has 7 heteroatoms. The lowest BCUT2D eigenvalue weighted by atomic mass is 10.1. The first-order valence-electron chi connectivity index (χ1n) is 8.70. The van der Waals surface area contributed by atoms with E-state index in [0.717, 1.165) is 17.4 Å². The Bertz CT molecular complexity index is 667. The summed E-state index contributed by atoms with van der Waals surface area (Å²) in [6.07, 6.45) is 6.11. The summed E-state index contributed by atoms with van der Waals surface area (Å²) in [7, 11) is 0. The molecule has 0 atom stereocenters. The van der Waals surface area contributed by atoms with Crippen LogP contribution in [0.25, 0.3) is 0 Å². The maximum Gasteiger partial charge on any atom is 0.207 e. The smallest absolute Gasteiger partial charge is 0.207 e. The summed E-state index contributed by atoms with van der Waals surface area (Å²) in [6, 6.07) is 9.95. The summed E-state index contributed by atoms with van der Waals surface area (Å²) in [6.45, 7) is 4.58. The zero-order chi connectivity index (χ0) is 17.3. The van der Waals surface area contributed by atoms with Gasteiger partial charge in [-0.05, 0) is 43.6 Å². The van der Waals surface area contributed by atoms with E-state index in [1.54, 1.807) is 0 Å². The molecule has 25 heavy (non-hydrogen) atoms. The highest BCUT2D eigenvalue weighted by molar-refractivity contribution is 7.18. The Morgan fingerprint density at radius 2 is 2.00 bits per heavy atom. The van der Waals surface area contributed by atoms with Crippen molar-refractivity contribution >= 4 is 21.6 Å². The number of aromatic nitrogens is 2. The van der Waals surface area contributed by atoms with E-state index in [2.05, 4.69) is 26.5 Å². The zero-order valence-corrected chi connectivity index (χ0v) is 15.2. The van der Waals surface area contributed by atoms with E-state index in [4.69, 9.17) is 10.5 Å². The first-order chi connectivity index (χ1) is 12.3. The van der Waals surface area contributed by atoms with Gasteiger partial charge in [0.05, 0.1) is 0 Å². The molecule has 1 aliphatic rings. The van der Waals surface area contributed by atoms with Gasteiger partial charge in [-0.3, -0.25) is 4.90 Å². The molecule has 0 amide bonds. The Labute approximate surface area is 152 Å². The quantitative estimate of drug-likeness (QED) is 0.706. The van der Waals surface area contributed by atoms with Gasteiger partial charge >= 0.3 is 0 Å². The zero-order valence-electron chi connectivity index (χ0n) is 14.4. The van der Waals surface area contributed by atoms with Crippen LogP contribution in [-0.4, -0.2) is 47.9 Å². The second kappa shape index (κ2) is 9.39. The minimum Gasteiger partial charge on any atom is -0.489 e. The number of piperidine rings is 1. The van der Waals surface area contributed by atoms with Gasteiger partial charge in [-0.25, -0.2) is 0 Å². The van der Waals surface area contributed by atoms with E-state index in [0.29, 0.717) is 18.3 Å². The molecule has 0 radical (unpaired) electrons. The van der Waals surface area contributed by atoms with Crippen molar-refractivity contribution in [3.63, 3.8) is 0 Å². The molecule has 1 saturated heterocycles. The molecule has 1 fully saturated rings. The van der Waals surface area contributed by atoms with Crippen LogP contribution in [0.4, 0.5) is 10.3 Å². The van der Waals surface area contributed by atoms with Gasteiger partial charge in [0.2, 0.25) is 10.3 Å². The predicted octanol–water partition coefficient (Wildman–Crippen LogP) is 3.02. The number of hydrogen-bond donors (Lipinski definition) is 2. The number of hydrogen-bond acceptors (Lipinski definition) is 7. The Kier molecular flexibility index (Phi) is 6.64. The van der Waals surface area contributed by atoms with Crippen LogP contribution in [0.15, 0.2) is 42.0 Å². The lowest BCUT2D eigenvalue weighted by Crippen LogP contribution is -2.32. The molecule has 1 aliphatic heterocycles. The Morgan fingerprint density at radius 1 is 1.20 bits per heavy atom. The molecular weight excluding hydrogens is 334 g/mol. The highest BCUT2D eigenvalue weighted by Crippen LogP contribution is 2.17. The van der Waals surface area contributed by atoms with Gasteiger partial charge in [-0.2, -0.15) is 0 Å². The molecule has 0 spiro atoms. The molecule has 3 N–H and O–H groups in total. The van der Waals surface area contributed by atoms with Gasteiger partial charge in [0.25, 0.3) is 0 Å². The summed E-state index contributed by atoms with van der Waals surface area (Å²) < 4.78 is 5.95. The van der Waals surface area contributed by atoms with Gasteiger partial charge in [-0.15, -0.1) is 10.2 Å². The Morgan fingerprint density at radius 3 is 2.72 bits per heavy atom. The van der Waals surface area contributed by atoms with Gasteiger partial charge in [0.15, 0.2) is 0 Å². The molecule has 1 aromatic heterocycles. The van der Waals surface area contributed by atoms with Crippen LogP contribution in [0.3, 0.4) is 0 Å². The van der Waals surface area contributed by atoms with Crippen LogP contribution in [0.5, 0.6) is 5.75 Å². The maximum absolute atomic E-state index is 5.95. The molecule has 0 aliphatic carbocycles. The third kappa shape index (κ3) is 6.03. The van der Waals surface area contributed by atoms with E-state index in [1.165, 1.54) is 49.3 Å². The third-order valence-electron chi connectivity index (χ3n) is 4.13. The number of nitrogens with two attached hydrogens (primary N) is 1. The number of nitrogens with one attached hydrogen (secondary N) is 1. The number of nitrogen functional groups attached to an aromatic ring is 1. The highest BCUT2D eigenvalue weighted by atomic mass is 32.1.